The molecule has 1 saturated heterocycles. The topological polar surface area (TPSA) is 44.4 Å². The molecule has 2 N–H and O–H groups in total. The van der Waals surface area contributed by atoms with E-state index in [1.165, 1.54) is 19.4 Å². The fourth-order valence-electron chi connectivity index (χ4n) is 2.52. The van der Waals surface area contributed by atoms with Crippen molar-refractivity contribution in [1.29, 1.82) is 0 Å². The Kier molecular flexibility index (Phi) is 7.28. The van der Waals surface area contributed by atoms with Crippen molar-refractivity contribution in [3.8, 4) is 0 Å². The highest BCUT2D eigenvalue weighted by atomic mass is 16.1. The second-order valence-electron chi connectivity index (χ2n) is 5.56. The van der Waals surface area contributed by atoms with Crippen LogP contribution in [-0.4, -0.2) is 50.1 Å². The van der Waals surface area contributed by atoms with Crippen molar-refractivity contribution in [3.05, 3.63) is 0 Å². The van der Waals surface area contributed by atoms with Crippen LogP contribution in [0.1, 0.15) is 39.5 Å². The molecule has 0 radical (unpaired) electrons. The van der Waals surface area contributed by atoms with Crippen LogP contribution in [-0.2, 0) is 4.79 Å². The number of amides is 1. The first-order valence-corrected chi connectivity index (χ1v) is 7.28. The van der Waals surface area contributed by atoms with Crippen LogP contribution in [0.2, 0.25) is 0 Å². The molecule has 1 rings (SSSR count). The molecule has 106 valence electrons. The number of piperidine rings is 1. The van der Waals surface area contributed by atoms with Gasteiger partial charge in [0.2, 0.25) is 5.91 Å². The predicted octanol–water partition coefficient (Wildman–Crippen LogP) is 1.22. The van der Waals surface area contributed by atoms with Crippen LogP contribution in [0.4, 0.5) is 0 Å². The third kappa shape index (κ3) is 5.83. The minimum Gasteiger partial charge on any atom is -0.359 e. The second-order valence-corrected chi connectivity index (χ2v) is 5.56. The molecule has 0 saturated carbocycles. The molecule has 1 aliphatic rings. The molecule has 0 aromatic rings. The monoisotopic (exact) mass is 255 g/mol. The Bertz CT molecular complexity index is 237. The summed E-state index contributed by atoms with van der Waals surface area (Å²) in [5.41, 5.74) is 0. The maximum atomic E-state index is 11.2. The molecule has 0 aromatic heterocycles. The Morgan fingerprint density at radius 3 is 2.61 bits per heavy atom. The highest BCUT2D eigenvalue weighted by molar-refractivity contribution is 5.75. The van der Waals surface area contributed by atoms with Crippen LogP contribution in [0.15, 0.2) is 0 Å². The van der Waals surface area contributed by atoms with E-state index in [1.807, 2.05) is 0 Å². The van der Waals surface area contributed by atoms with Crippen LogP contribution in [0.25, 0.3) is 0 Å². The molecule has 1 fully saturated rings. The van der Waals surface area contributed by atoms with Crippen molar-refractivity contribution in [2.45, 2.75) is 45.6 Å². The highest BCUT2D eigenvalue weighted by Gasteiger charge is 2.18. The lowest BCUT2D eigenvalue weighted by molar-refractivity contribution is -0.120. The molecule has 0 spiro atoms. The van der Waals surface area contributed by atoms with Gasteiger partial charge in [-0.25, -0.2) is 0 Å². The summed E-state index contributed by atoms with van der Waals surface area (Å²) in [6.45, 7) is 9.05. The Morgan fingerprint density at radius 2 is 2.06 bits per heavy atom. The van der Waals surface area contributed by atoms with E-state index in [-0.39, 0.29) is 5.91 Å². The number of rotatable bonds is 7. The maximum Gasteiger partial charge on any atom is 0.219 e. The second kappa shape index (κ2) is 8.48. The van der Waals surface area contributed by atoms with Gasteiger partial charge in [0.25, 0.3) is 0 Å². The number of carbonyl (C=O) groups is 1. The molecular formula is C14H29N3O. The fourth-order valence-corrected chi connectivity index (χ4v) is 2.52. The summed E-state index contributed by atoms with van der Waals surface area (Å²) in [6, 6.07) is 0.574. The first-order valence-electron chi connectivity index (χ1n) is 7.28. The summed E-state index contributed by atoms with van der Waals surface area (Å²) in [4.78, 5) is 13.7. The summed E-state index contributed by atoms with van der Waals surface area (Å²) >= 11 is 0. The van der Waals surface area contributed by atoms with Crippen molar-refractivity contribution in [2.75, 3.05) is 33.2 Å². The smallest absolute Gasteiger partial charge is 0.219 e. The number of carbonyl (C=O) groups excluding carboxylic acids is 1. The van der Waals surface area contributed by atoms with E-state index in [0.717, 1.165) is 32.0 Å². The number of nitrogens with zero attached hydrogens (tertiary/aromatic N) is 1. The van der Waals surface area contributed by atoms with E-state index in [9.17, 15) is 4.79 Å². The highest BCUT2D eigenvalue weighted by Crippen LogP contribution is 2.15. The van der Waals surface area contributed by atoms with Gasteiger partial charge < -0.3 is 15.5 Å². The summed E-state index contributed by atoms with van der Waals surface area (Å²) < 4.78 is 0. The van der Waals surface area contributed by atoms with Crippen molar-refractivity contribution in [2.24, 2.45) is 5.92 Å². The molecule has 4 heteroatoms. The van der Waals surface area contributed by atoms with Gasteiger partial charge in [0.15, 0.2) is 0 Å². The largest absolute Gasteiger partial charge is 0.359 e. The molecule has 1 heterocycles. The summed E-state index contributed by atoms with van der Waals surface area (Å²) in [7, 11) is 1.71. The van der Waals surface area contributed by atoms with E-state index in [0.29, 0.717) is 12.5 Å². The summed E-state index contributed by atoms with van der Waals surface area (Å²) in [5, 5.41) is 6.10. The third-order valence-corrected chi connectivity index (χ3v) is 3.81. The van der Waals surface area contributed by atoms with E-state index in [1.54, 1.807) is 7.05 Å². The van der Waals surface area contributed by atoms with Gasteiger partial charge in [0, 0.05) is 26.1 Å². The quantitative estimate of drug-likeness (QED) is 0.719. The molecule has 18 heavy (non-hydrogen) atoms. The van der Waals surface area contributed by atoms with E-state index in [2.05, 4.69) is 29.4 Å². The molecule has 0 aromatic carbocycles. The average Bonchev–Trinajstić information content (AvgIpc) is 2.38. The van der Waals surface area contributed by atoms with Gasteiger partial charge in [-0.15, -0.1) is 0 Å². The standard InChI is InChI=1S/C14H29N3O/c1-12(2)17(10-4-5-14(18)15-3)11-13-6-8-16-9-7-13/h12-13,16H,4-11H2,1-3H3,(H,15,18). The van der Waals surface area contributed by atoms with Crippen LogP contribution < -0.4 is 10.6 Å². The zero-order chi connectivity index (χ0) is 13.4. The molecule has 4 nitrogen and oxygen atoms in total. The van der Waals surface area contributed by atoms with Crippen LogP contribution in [0.5, 0.6) is 0 Å². The van der Waals surface area contributed by atoms with E-state index in [4.69, 9.17) is 0 Å². The third-order valence-electron chi connectivity index (χ3n) is 3.81. The van der Waals surface area contributed by atoms with Crippen molar-refractivity contribution in [1.82, 2.24) is 15.5 Å². The maximum absolute atomic E-state index is 11.2. The normalized spacial score (nSPS) is 17.4. The Balaban J connectivity index is 2.27. The van der Waals surface area contributed by atoms with Gasteiger partial charge in [0.1, 0.15) is 0 Å². The fraction of sp³-hybridized carbons (Fsp3) is 0.929. The molecule has 0 unspecified atom stereocenters. The van der Waals surface area contributed by atoms with Gasteiger partial charge in [-0.3, -0.25) is 4.79 Å². The van der Waals surface area contributed by atoms with Crippen molar-refractivity contribution in [3.63, 3.8) is 0 Å². The molecule has 0 atom stereocenters. The zero-order valence-electron chi connectivity index (χ0n) is 12.2. The lowest BCUT2D eigenvalue weighted by Crippen LogP contribution is -2.40. The Morgan fingerprint density at radius 1 is 1.39 bits per heavy atom. The Hall–Kier alpha value is -0.610. The first kappa shape index (κ1) is 15.4. The van der Waals surface area contributed by atoms with Crippen LogP contribution in [0.3, 0.4) is 0 Å². The number of nitrogens with one attached hydrogen (secondary N) is 2. The minimum absolute atomic E-state index is 0.153. The van der Waals surface area contributed by atoms with Crippen LogP contribution >= 0.6 is 0 Å². The molecule has 1 aliphatic heterocycles. The van der Waals surface area contributed by atoms with Gasteiger partial charge >= 0.3 is 0 Å². The van der Waals surface area contributed by atoms with Crippen molar-refractivity contribution >= 4 is 5.91 Å². The van der Waals surface area contributed by atoms with E-state index < -0.39 is 0 Å². The lowest BCUT2D eigenvalue weighted by atomic mass is 9.97. The summed E-state index contributed by atoms with van der Waals surface area (Å²) in [5.74, 6) is 0.981. The van der Waals surface area contributed by atoms with Gasteiger partial charge in [-0.2, -0.15) is 0 Å². The SMILES string of the molecule is CNC(=O)CCCN(CC1CCNCC1)C(C)C. The molecule has 0 aliphatic carbocycles. The van der Waals surface area contributed by atoms with Crippen LogP contribution in [0, 0.1) is 5.92 Å². The zero-order valence-corrected chi connectivity index (χ0v) is 12.2. The van der Waals surface area contributed by atoms with Gasteiger partial charge in [-0.1, -0.05) is 0 Å². The summed E-state index contributed by atoms with van der Waals surface area (Å²) in [6.07, 6.45) is 4.19. The molecule has 1 amide bonds. The average molecular weight is 255 g/mol. The predicted molar refractivity (Wildman–Crippen MR) is 75.6 cm³/mol. The lowest BCUT2D eigenvalue weighted by Gasteiger charge is -2.32. The number of hydrogen-bond acceptors (Lipinski definition) is 3. The van der Waals surface area contributed by atoms with Crippen molar-refractivity contribution < 1.29 is 4.79 Å². The van der Waals surface area contributed by atoms with E-state index >= 15 is 0 Å². The number of hydrogen-bond donors (Lipinski definition) is 2. The van der Waals surface area contributed by atoms with Gasteiger partial charge in [-0.05, 0) is 58.7 Å². The molecule has 0 bridgehead atoms. The first-order chi connectivity index (χ1) is 8.63. The molecular weight excluding hydrogens is 226 g/mol. The Labute approximate surface area is 111 Å². The minimum atomic E-state index is 0.153. The van der Waals surface area contributed by atoms with Gasteiger partial charge in [0.05, 0.1) is 0 Å².